The molecule has 1 amide bonds. The lowest BCUT2D eigenvalue weighted by molar-refractivity contribution is -0.386. The topological polar surface area (TPSA) is 100 Å². The van der Waals surface area contributed by atoms with Gasteiger partial charge in [-0.1, -0.05) is 54.6 Å². The zero-order chi connectivity index (χ0) is 24.0. The number of nitrogens with one attached hydrogen (secondary N) is 1. The van der Waals surface area contributed by atoms with Gasteiger partial charge in [-0.15, -0.1) is 0 Å². The fourth-order valence-corrected chi connectivity index (χ4v) is 4.13. The molecule has 7 heteroatoms. The van der Waals surface area contributed by atoms with Gasteiger partial charge in [-0.3, -0.25) is 9.78 Å². The minimum absolute atomic E-state index is 0.199. The summed E-state index contributed by atoms with van der Waals surface area (Å²) in [5, 5.41) is 3.74. The van der Waals surface area contributed by atoms with Crippen LogP contribution in [0.4, 0.5) is 0 Å². The third-order valence-corrected chi connectivity index (χ3v) is 6.00. The minimum atomic E-state index is -0.199. The first kappa shape index (κ1) is 22.4. The number of quaternary nitrogens is 1. The molecule has 35 heavy (non-hydrogen) atoms. The number of rotatable bonds is 8. The lowest BCUT2D eigenvalue weighted by Crippen LogP contribution is -2.47. The second-order valence-corrected chi connectivity index (χ2v) is 8.33. The zero-order valence-corrected chi connectivity index (χ0v) is 19.4. The number of aryl methyl sites for hydroxylation is 1. The number of nitrogens with zero attached hydrogens (tertiary/aromatic N) is 4. The summed E-state index contributed by atoms with van der Waals surface area (Å²) in [5.41, 5.74) is 10.1. The molecule has 5 aromatic rings. The van der Waals surface area contributed by atoms with Gasteiger partial charge in [0.2, 0.25) is 0 Å². The lowest BCUT2D eigenvalue weighted by Gasteiger charge is -2.14. The van der Waals surface area contributed by atoms with Crippen molar-refractivity contribution in [3.8, 4) is 22.4 Å². The number of pyridine rings is 2. The van der Waals surface area contributed by atoms with E-state index in [0.29, 0.717) is 12.2 Å². The van der Waals surface area contributed by atoms with Crippen LogP contribution in [0.25, 0.3) is 33.3 Å². The fourth-order valence-electron chi connectivity index (χ4n) is 4.13. The number of aromatic nitrogens is 4. The summed E-state index contributed by atoms with van der Waals surface area (Å²) in [6.45, 7) is 2.08. The molecule has 0 fully saturated rings. The first-order valence-corrected chi connectivity index (χ1v) is 11.7. The van der Waals surface area contributed by atoms with Crippen LogP contribution in [0.1, 0.15) is 22.5 Å². The van der Waals surface area contributed by atoms with Crippen LogP contribution in [-0.4, -0.2) is 32.0 Å². The van der Waals surface area contributed by atoms with Gasteiger partial charge in [0.15, 0.2) is 0 Å². The van der Waals surface area contributed by atoms with Gasteiger partial charge in [0.1, 0.15) is 5.69 Å². The molecule has 2 aromatic carbocycles. The van der Waals surface area contributed by atoms with Crippen LogP contribution >= 0.6 is 0 Å². The zero-order valence-electron chi connectivity index (χ0n) is 19.4. The smallest absolute Gasteiger partial charge is 0.270 e. The number of carbonyl (C=O) groups excluding carboxylic acids is 1. The summed E-state index contributed by atoms with van der Waals surface area (Å²) >= 11 is 0. The highest BCUT2D eigenvalue weighted by Crippen LogP contribution is 2.34. The van der Waals surface area contributed by atoms with E-state index in [0.717, 1.165) is 52.8 Å². The number of benzene rings is 2. The SMILES string of the molecule is [NH3+]Cc1ccc(-c2nc3ccnc(C(=O)NCCCn4ccnc4)c3cc2-c2ccccc2)cc1. The summed E-state index contributed by atoms with van der Waals surface area (Å²) < 4.78 is 1.99. The Bertz CT molecular complexity index is 1430. The van der Waals surface area contributed by atoms with Crippen molar-refractivity contribution in [2.24, 2.45) is 0 Å². The van der Waals surface area contributed by atoms with Crippen LogP contribution in [0, 0.1) is 0 Å². The summed E-state index contributed by atoms with van der Waals surface area (Å²) in [7, 11) is 0. The minimum Gasteiger partial charge on any atom is -0.354 e. The Morgan fingerprint density at radius 3 is 2.54 bits per heavy atom. The summed E-state index contributed by atoms with van der Waals surface area (Å²) in [5.74, 6) is -0.199. The Hall–Kier alpha value is -4.36. The molecule has 174 valence electrons. The summed E-state index contributed by atoms with van der Waals surface area (Å²) in [6, 6.07) is 22.3. The van der Waals surface area contributed by atoms with Crippen LogP contribution in [0.5, 0.6) is 0 Å². The fraction of sp³-hybridized carbons (Fsp3) is 0.143. The molecule has 0 aliphatic rings. The highest BCUT2D eigenvalue weighted by Gasteiger charge is 2.17. The highest BCUT2D eigenvalue weighted by molar-refractivity contribution is 6.06. The normalized spacial score (nSPS) is 11.0. The molecule has 0 saturated carbocycles. The van der Waals surface area contributed by atoms with Crippen molar-refractivity contribution in [2.75, 3.05) is 6.54 Å². The van der Waals surface area contributed by atoms with Crippen LogP contribution in [-0.2, 0) is 13.1 Å². The number of carbonyl (C=O) groups is 1. The van der Waals surface area contributed by atoms with Crippen molar-refractivity contribution in [2.45, 2.75) is 19.5 Å². The maximum atomic E-state index is 13.1. The summed E-state index contributed by atoms with van der Waals surface area (Å²) in [4.78, 5) is 26.5. The van der Waals surface area contributed by atoms with E-state index in [1.807, 2.05) is 41.1 Å². The summed E-state index contributed by atoms with van der Waals surface area (Å²) in [6.07, 6.45) is 7.88. The number of hydrogen-bond donors (Lipinski definition) is 2. The van der Waals surface area contributed by atoms with E-state index in [4.69, 9.17) is 4.98 Å². The highest BCUT2D eigenvalue weighted by atomic mass is 16.1. The molecular weight excluding hydrogens is 436 g/mol. The Labute approximate surface area is 203 Å². The maximum Gasteiger partial charge on any atom is 0.270 e. The first-order valence-electron chi connectivity index (χ1n) is 11.7. The molecule has 0 saturated heterocycles. The molecule has 5 rings (SSSR count). The maximum absolute atomic E-state index is 13.1. The van der Waals surface area contributed by atoms with Gasteiger partial charge in [0, 0.05) is 53.8 Å². The van der Waals surface area contributed by atoms with Gasteiger partial charge >= 0.3 is 0 Å². The average Bonchev–Trinajstić information content (AvgIpc) is 3.44. The first-order chi connectivity index (χ1) is 17.2. The molecule has 0 atom stereocenters. The third kappa shape index (κ3) is 4.95. The van der Waals surface area contributed by atoms with Crippen molar-refractivity contribution in [3.05, 3.63) is 103 Å². The number of amides is 1. The predicted octanol–water partition coefficient (Wildman–Crippen LogP) is 3.72. The molecule has 0 aliphatic heterocycles. The van der Waals surface area contributed by atoms with Crippen molar-refractivity contribution >= 4 is 16.8 Å². The van der Waals surface area contributed by atoms with E-state index in [2.05, 4.69) is 57.4 Å². The molecule has 4 N–H and O–H groups in total. The van der Waals surface area contributed by atoms with E-state index in [9.17, 15) is 4.79 Å². The van der Waals surface area contributed by atoms with E-state index >= 15 is 0 Å². The molecule has 3 heterocycles. The van der Waals surface area contributed by atoms with Gasteiger partial charge in [0.25, 0.3) is 5.91 Å². The number of fused-ring (bicyclic) bond motifs is 1. The number of hydrogen-bond acceptors (Lipinski definition) is 4. The van der Waals surface area contributed by atoms with Gasteiger partial charge in [-0.2, -0.15) is 0 Å². The van der Waals surface area contributed by atoms with Crippen LogP contribution in [0.15, 0.2) is 91.6 Å². The van der Waals surface area contributed by atoms with Gasteiger partial charge in [-0.05, 0) is 24.1 Å². The van der Waals surface area contributed by atoms with Crippen molar-refractivity contribution in [3.63, 3.8) is 0 Å². The standard InChI is InChI=1S/C28H26N6O/c29-18-20-7-9-22(10-8-20)26-23(21-5-2-1-3-6-21)17-24-25(33-26)11-13-31-27(24)28(35)32-12-4-15-34-16-14-30-19-34/h1-3,5-11,13-14,16-17,19H,4,12,15,18,29H2,(H,32,35)/p+1. The molecule has 7 nitrogen and oxygen atoms in total. The van der Waals surface area contributed by atoms with E-state index < -0.39 is 0 Å². The van der Waals surface area contributed by atoms with Crippen LogP contribution in [0.3, 0.4) is 0 Å². The third-order valence-electron chi connectivity index (χ3n) is 6.00. The lowest BCUT2D eigenvalue weighted by atomic mass is 9.96. The van der Waals surface area contributed by atoms with Gasteiger partial charge < -0.3 is 15.6 Å². The Kier molecular flexibility index (Phi) is 6.59. The molecule has 0 spiro atoms. The van der Waals surface area contributed by atoms with Gasteiger partial charge in [-0.25, -0.2) is 9.97 Å². The average molecular weight is 464 g/mol. The Morgan fingerprint density at radius 2 is 1.80 bits per heavy atom. The molecule has 0 unspecified atom stereocenters. The Balaban J connectivity index is 1.50. The van der Waals surface area contributed by atoms with E-state index in [1.54, 1.807) is 18.7 Å². The second kappa shape index (κ2) is 10.3. The second-order valence-electron chi connectivity index (χ2n) is 8.33. The molecule has 0 radical (unpaired) electrons. The van der Waals surface area contributed by atoms with Crippen LogP contribution in [0.2, 0.25) is 0 Å². The van der Waals surface area contributed by atoms with Crippen LogP contribution < -0.4 is 11.1 Å². The molecule has 0 aliphatic carbocycles. The van der Waals surface area contributed by atoms with E-state index in [1.165, 1.54) is 5.56 Å². The van der Waals surface area contributed by atoms with Gasteiger partial charge in [0.05, 0.1) is 24.1 Å². The van der Waals surface area contributed by atoms with Crippen molar-refractivity contribution < 1.29 is 10.5 Å². The number of imidazole rings is 1. The molecular formula is C28H27N6O+. The van der Waals surface area contributed by atoms with E-state index in [-0.39, 0.29) is 5.91 Å². The molecule has 3 aromatic heterocycles. The van der Waals surface area contributed by atoms with Crippen molar-refractivity contribution in [1.29, 1.82) is 0 Å². The predicted molar refractivity (Wildman–Crippen MR) is 136 cm³/mol. The Morgan fingerprint density at radius 1 is 0.971 bits per heavy atom. The monoisotopic (exact) mass is 463 g/mol. The quantitative estimate of drug-likeness (QED) is 0.343. The molecule has 0 bridgehead atoms. The largest absolute Gasteiger partial charge is 0.354 e. The van der Waals surface area contributed by atoms with Crippen molar-refractivity contribution in [1.82, 2.24) is 24.8 Å².